The van der Waals surface area contributed by atoms with Crippen LogP contribution in [0, 0.1) is 6.92 Å². The number of fused-ring (bicyclic) bond motifs is 1. The van der Waals surface area contributed by atoms with Gasteiger partial charge in [-0.15, -0.1) is 10.2 Å². The number of carbonyl (C=O) groups is 1. The Balaban J connectivity index is 1.52. The van der Waals surface area contributed by atoms with Gasteiger partial charge in [0.1, 0.15) is 0 Å². The summed E-state index contributed by atoms with van der Waals surface area (Å²) in [5.74, 6) is -0.111. The van der Waals surface area contributed by atoms with Crippen LogP contribution in [0.4, 0.5) is 5.69 Å². The highest BCUT2D eigenvalue weighted by Crippen LogP contribution is 2.30. The molecule has 1 amide bonds. The molecule has 0 fully saturated rings. The summed E-state index contributed by atoms with van der Waals surface area (Å²) in [6, 6.07) is 19.4. The minimum Gasteiger partial charge on any atom is -0.321 e. The normalized spacial score (nSPS) is 14.0. The quantitative estimate of drug-likeness (QED) is 0.375. The Morgan fingerprint density at radius 1 is 1.06 bits per heavy atom. The number of aryl methyl sites for hydroxylation is 1. The van der Waals surface area contributed by atoms with Crippen molar-refractivity contribution in [2.24, 2.45) is 0 Å². The molecular weight excluding hydrogens is 544 g/mol. The van der Waals surface area contributed by atoms with Gasteiger partial charge in [0.25, 0.3) is 5.91 Å². The molecule has 36 heavy (non-hydrogen) atoms. The largest absolute Gasteiger partial charge is 0.321 e. The predicted octanol–water partition coefficient (Wildman–Crippen LogP) is 4.16. The van der Waals surface area contributed by atoms with Crippen molar-refractivity contribution < 1.29 is 13.2 Å². The summed E-state index contributed by atoms with van der Waals surface area (Å²) in [6.45, 7) is 1.95. The van der Waals surface area contributed by atoms with Gasteiger partial charge < -0.3 is 5.32 Å². The van der Waals surface area contributed by atoms with Crippen molar-refractivity contribution in [2.45, 2.75) is 18.4 Å². The van der Waals surface area contributed by atoms with Gasteiger partial charge >= 0.3 is 0 Å². The number of nitrogens with one attached hydrogen (secondary N) is 2. The second-order valence-electron chi connectivity index (χ2n) is 8.33. The highest BCUT2D eigenvalue weighted by Gasteiger charge is 2.30. The third-order valence-corrected chi connectivity index (χ3v) is 8.14. The van der Waals surface area contributed by atoms with E-state index in [1.54, 1.807) is 48.5 Å². The van der Waals surface area contributed by atoms with Crippen molar-refractivity contribution in [1.29, 1.82) is 0 Å². The fraction of sp³-hybridized carbons (Fsp3) is 0.120. The standard InChI is InChI=1S/C25H21BrN6O3S/c1-16-6-9-21(10-7-16)36(34,35)32-14-18-5-3-2-4-17(18)12-19(15-32)25(33)27-23-13-20(26)8-11-22(23)24-28-30-31-29-24/h2-13H,14-15H2,1H3,(H,27,33)(H,28,29,30,31). The summed E-state index contributed by atoms with van der Waals surface area (Å²) in [5.41, 5.74) is 3.89. The van der Waals surface area contributed by atoms with Gasteiger partial charge in [0.15, 0.2) is 0 Å². The summed E-state index contributed by atoms with van der Waals surface area (Å²) in [5, 5.41) is 16.9. The molecule has 0 unspecified atom stereocenters. The van der Waals surface area contributed by atoms with Gasteiger partial charge in [0.05, 0.1) is 10.6 Å². The van der Waals surface area contributed by atoms with Gasteiger partial charge in [0.2, 0.25) is 15.8 Å². The number of nitrogens with zero attached hydrogens (tertiary/aromatic N) is 4. The number of benzene rings is 3. The Labute approximate surface area is 216 Å². The van der Waals surface area contributed by atoms with Crippen molar-refractivity contribution in [1.82, 2.24) is 24.9 Å². The van der Waals surface area contributed by atoms with Crippen LogP contribution in [-0.4, -0.2) is 45.8 Å². The fourth-order valence-corrected chi connectivity index (χ4v) is 5.71. The van der Waals surface area contributed by atoms with Gasteiger partial charge in [-0.25, -0.2) is 8.42 Å². The molecule has 0 saturated carbocycles. The number of amides is 1. The highest BCUT2D eigenvalue weighted by atomic mass is 79.9. The maximum atomic E-state index is 13.6. The average molecular weight is 565 g/mol. The van der Waals surface area contributed by atoms with E-state index in [0.29, 0.717) is 22.6 Å². The second kappa shape index (κ2) is 9.76. The summed E-state index contributed by atoms with van der Waals surface area (Å²) in [4.78, 5) is 13.7. The first-order valence-electron chi connectivity index (χ1n) is 11.0. The van der Waals surface area contributed by atoms with Crippen molar-refractivity contribution in [3.8, 4) is 11.4 Å². The molecule has 9 nitrogen and oxygen atoms in total. The molecule has 1 aliphatic heterocycles. The Morgan fingerprint density at radius 3 is 2.58 bits per heavy atom. The van der Waals surface area contributed by atoms with Crippen molar-refractivity contribution in [2.75, 3.05) is 11.9 Å². The van der Waals surface area contributed by atoms with E-state index in [0.717, 1.165) is 21.2 Å². The molecule has 0 bridgehead atoms. The SMILES string of the molecule is Cc1ccc(S(=O)(=O)N2CC(C(=O)Nc3cc(Br)ccc3-c3nn[nH]n3)=Cc3ccccc3C2)cc1. The van der Waals surface area contributed by atoms with Crippen molar-refractivity contribution >= 4 is 43.6 Å². The number of halogens is 1. The monoisotopic (exact) mass is 564 g/mol. The molecule has 182 valence electrons. The minimum absolute atomic E-state index is 0.0950. The van der Waals surface area contributed by atoms with E-state index in [-0.39, 0.29) is 18.0 Å². The maximum Gasteiger partial charge on any atom is 0.252 e. The van der Waals surface area contributed by atoms with E-state index in [2.05, 4.69) is 41.9 Å². The Kier molecular flexibility index (Phi) is 6.52. The number of H-pyrrole nitrogens is 1. The van der Waals surface area contributed by atoms with Crippen LogP contribution in [0.15, 0.2) is 81.7 Å². The van der Waals surface area contributed by atoms with Crippen LogP contribution in [0.25, 0.3) is 17.5 Å². The number of anilines is 1. The summed E-state index contributed by atoms with van der Waals surface area (Å²) in [7, 11) is -3.86. The van der Waals surface area contributed by atoms with Crippen LogP contribution in [0.2, 0.25) is 0 Å². The third-order valence-electron chi connectivity index (χ3n) is 5.84. The molecule has 0 atom stereocenters. The van der Waals surface area contributed by atoms with Crippen LogP contribution in [0.3, 0.4) is 0 Å². The fourth-order valence-electron chi connectivity index (χ4n) is 3.95. The number of sulfonamides is 1. The second-order valence-corrected chi connectivity index (χ2v) is 11.2. The van der Waals surface area contributed by atoms with Crippen LogP contribution >= 0.6 is 15.9 Å². The number of tetrazole rings is 1. The number of rotatable bonds is 5. The first kappa shape index (κ1) is 24.0. The van der Waals surface area contributed by atoms with E-state index < -0.39 is 15.9 Å². The molecule has 1 aromatic heterocycles. The number of hydrogen-bond acceptors (Lipinski definition) is 6. The topological polar surface area (TPSA) is 121 Å². The minimum atomic E-state index is -3.86. The molecule has 5 rings (SSSR count). The molecule has 0 radical (unpaired) electrons. The predicted molar refractivity (Wildman–Crippen MR) is 139 cm³/mol. The van der Waals surface area contributed by atoms with E-state index in [9.17, 15) is 13.2 Å². The Hall–Kier alpha value is -3.67. The molecule has 3 aromatic carbocycles. The summed E-state index contributed by atoms with van der Waals surface area (Å²) in [6.07, 6.45) is 1.74. The van der Waals surface area contributed by atoms with Crippen LogP contribution in [0.5, 0.6) is 0 Å². The Bertz CT molecular complexity index is 1570. The van der Waals surface area contributed by atoms with E-state index >= 15 is 0 Å². The van der Waals surface area contributed by atoms with Gasteiger partial charge in [-0.05, 0) is 59.7 Å². The molecule has 0 spiro atoms. The number of hydrogen-bond donors (Lipinski definition) is 2. The van der Waals surface area contributed by atoms with Gasteiger partial charge in [0, 0.05) is 28.7 Å². The summed E-state index contributed by atoms with van der Waals surface area (Å²) >= 11 is 3.43. The van der Waals surface area contributed by atoms with E-state index in [1.807, 2.05) is 31.2 Å². The first-order valence-corrected chi connectivity index (χ1v) is 13.2. The van der Waals surface area contributed by atoms with Crippen molar-refractivity contribution in [3.63, 3.8) is 0 Å². The number of carbonyl (C=O) groups excluding carboxylic acids is 1. The molecule has 2 N–H and O–H groups in total. The number of aromatic nitrogens is 4. The molecule has 0 saturated heterocycles. The highest BCUT2D eigenvalue weighted by molar-refractivity contribution is 9.10. The lowest BCUT2D eigenvalue weighted by Gasteiger charge is -2.22. The lowest BCUT2D eigenvalue weighted by molar-refractivity contribution is -0.112. The lowest BCUT2D eigenvalue weighted by Crippen LogP contribution is -2.34. The summed E-state index contributed by atoms with van der Waals surface area (Å²) < 4.78 is 29.2. The van der Waals surface area contributed by atoms with Crippen LogP contribution < -0.4 is 5.32 Å². The first-order chi connectivity index (χ1) is 17.3. The zero-order valence-corrected chi connectivity index (χ0v) is 21.5. The lowest BCUT2D eigenvalue weighted by atomic mass is 10.1. The van der Waals surface area contributed by atoms with E-state index in [4.69, 9.17) is 0 Å². The van der Waals surface area contributed by atoms with Gasteiger partial charge in [-0.1, -0.05) is 57.9 Å². The Morgan fingerprint density at radius 2 is 1.83 bits per heavy atom. The maximum absolute atomic E-state index is 13.6. The zero-order chi connectivity index (χ0) is 25.3. The zero-order valence-electron chi connectivity index (χ0n) is 19.1. The molecule has 11 heteroatoms. The third kappa shape index (κ3) is 4.85. The van der Waals surface area contributed by atoms with Crippen molar-refractivity contribution in [3.05, 3.63) is 93.5 Å². The average Bonchev–Trinajstić information content (AvgIpc) is 3.31. The number of aromatic amines is 1. The van der Waals surface area contributed by atoms with Crippen LogP contribution in [-0.2, 0) is 21.4 Å². The van der Waals surface area contributed by atoms with E-state index in [1.165, 1.54) is 4.31 Å². The van der Waals surface area contributed by atoms with Gasteiger partial charge in [-0.3, -0.25) is 4.79 Å². The molecular formula is C25H21BrN6O3S. The molecule has 4 aromatic rings. The smallest absolute Gasteiger partial charge is 0.252 e. The molecule has 1 aliphatic rings. The molecule has 0 aliphatic carbocycles. The van der Waals surface area contributed by atoms with Gasteiger partial charge in [-0.2, -0.15) is 9.52 Å². The van der Waals surface area contributed by atoms with Crippen LogP contribution in [0.1, 0.15) is 16.7 Å². The molecule has 2 heterocycles.